The van der Waals surface area contributed by atoms with Gasteiger partial charge in [-0.25, -0.2) is 0 Å². The van der Waals surface area contributed by atoms with E-state index in [1.165, 1.54) is 6.07 Å². The van der Waals surface area contributed by atoms with Crippen LogP contribution in [0.15, 0.2) is 30.9 Å². The van der Waals surface area contributed by atoms with Crippen molar-refractivity contribution in [3.8, 4) is 0 Å². The molecule has 1 aliphatic rings. The van der Waals surface area contributed by atoms with Crippen LogP contribution < -0.4 is 10.6 Å². The van der Waals surface area contributed by atoms with Gasteiger partial charge in [-0.3, -0.25) is 14.9 Å². The highest BCUT2D eigenvalue weighted by Gasteiger charge is 2.25. The van der Waals surface area contributed by atoms with E-state index in [0.717, 1.165) is 12.8 Å². The molecular weight excluding hydrogens is 246 g/mol. The molecule has 0 spiro atoms. The summed E-state index contributed by atoms with van der Waals surface area (Å²) in [6, 6.07) is 4.78. The van der Waals surface area contributed by atoms with Gasteiger partial charge in [-0.1, -0.05) is 6.08 Å². The van der Waals surface area contributed by atoms with E-state index in [-0.39, 0.29) is 17.2 Å². The second-order valence-electron chi connectivity index (χ2n) is 4.41. The van der Waals surface area contributed by atoms with Crippen LogP contribution in [-0.2, 0) is 0 Å². The van der Waals surface area contributed by atoms with Gasteiger partial charge in [0.1, 0.15) is 5.69 Å². The summed E-state index contributed by atoms with van der Waals surface area (Å²) >= 11 is 0. The number of anilines is 1. The van der Waals surface area contributed by atoms with Gasteiger partial charge in [0.2, 0.25) is 0 Å². The Hall–Kier alpha value is -2.37. The van der Waals surface area contributed by atoms with Crippen molar-refractivity contribution in [3.05, 3.63) is 46.5 Å². The predicted octanol–water partition coefficient (Wildman–Crippen LogP) is 2.08. The van der Waals surface area contributed by atoms with E-state index in [9.17, 15) is 14.9 Å². The first kappa shape index (κ1) is 13.1. The third kappa shape index (κ3) is 3.31. The van der Waals surface area contributed by atoms with Gasteiger partial charge < -0.3 is 10.6 Å². The Labute approximate surface area is 110 Å². The van der Waals surface area contributed by atoms with E-state index in [1.807, 2.05) is 0 Å². The summed E-state index contributed by atoms with van der Waals surface area (Å²) in [4.78, 5) is 22.3. The van der Waals surface area contributed by atoms with E-state index in [2.05, 4.69) is 17.2 Å². The van der Waals surface area contributed by atoms with E-state index >= 15 is 0 Å². The zero-order valence-corrected chi connectivity index (χ0v) is 10.4. The van der Waals surface area contributed by atoms with Crippen molar-refractivity contribution in [2.24, 2.45) is 0 Å². The smallest absolute Gasteiger partial charge is 0.293 e. The number of nitrogens with one attached hydrogen (secondary N) is 2. The molecule has 0 bridgehead atoms. The van der Waals surface area contributed by atoms with Gasteiger partial charge in [0.25, 0.3) is 11.6 Å². The summed E-state index contributed by atoms with van der Waals surface area (Å²) in [5.41, 5.74) is 0.667. The molecule has 6 heteroatoms. The second-order valence-corrected chi connectivity index (χ2v) is 4.41. The van der Waals surface area contributed by atoms with Crippen molar-refractivity contribution in [2.75, 3.05) is 11.9 Å². The Morgan fingerprint density at radius 1 is 1.53 bits per heavy atom. The molecule has 1 aliphatic carbocycles. The van der Waals surface area contributed by atoms with Gasteiger partial charge in [0.05, 0.1) is 4.92 Å². The van der Waals surface area contributed by atoms with E-state index in [4.69, 9.17) is 0 Å². The number of hydrogen-bond donors (Lipinski definition) is 2. The maximum atomic E-state index is 11.7. The normalized spacial score (nSPS) is 13.7. The summed E-state index contributed by atoms with van der Waals surface area (Å²) in [7, 11) is 0. The van der Waals surface area contributed by atoms with Crippen molar-refractivity contribution in [1.82, 2.24) is 5.32 Å². The average Bonchev–Trinajstić information content (AvgIpc) is 3.20. The molecule has 0 heterocycles. The lowest BCUT2D eigenvalue weighted by Crippen LogP contribution is -2.23. The third-order valence-electron chi connectivity index (χ3n) is 2.80. The molecule has 19 heavy (non-hydrogen) atoms. The SMILES string of the molecule is C=CCNC(=O)c1ccc(NC2CC2)c([N+](=O)[O-])c1. The van der Waals surface area contributed by atoms with Crippen LogP contribution in [0.5, 0.6) is 0 Å². The fraction of sp³-hybridized carbons (Fsp3) is 0.308. The Kier molecular flexibility index (Phi) is 3.79. The summed E-state index contributed by atoms with van der Waals surface area (Å²) in [5, 5.41) is 16.7. The Morgan fingerprint density at radius 2 is 2.26 bits per heavy atom. The average molecular weight is 261 g/mol. The van der Waals surface area contributed by atoms with Gasteiger partial charge in [-0.2, -0.15) is 0 Å². The molecule has 1 saturated carbocycles. The Morgan fingerprint density at radius 3 is 2.84 bits per heavy atom. The van der Waals surface area contributed by atoms with Crippen LogP contribution >= 0.6 is 0 Å². The van der Waals surface area contributed by atoms with Crippen LogP contribution in [0.25, 0.3) is 0 Å². The molecule has 0 radical (unpaired) electrons. The number of nitrogens with zero attached hydrogens (tertiary/aromatic N) is 1. The number of rotatable bonds is 6. The number of nitro benzene ring substituents is 1. The molecule has 6 nitrogen and oxygen atoms in total. The third-order valence-corrected chi connectivity index (χ3v) is 2.80. The summed E-state index contributed by atoms with van der Waals surface area (Å²) < 4.78 is 0. The molecule has 2 N–H and O–H groups in total. The van der Waals surface area contributed by atoms with Crippen molar-refractivity contribution < 1.29 is 9.72 Å². The fourth-order valence-corrected chi connectivity index (χ4v) is 1.66. The molecule has 100 valence electrons. The Bertz CT molecular complexity index is 524. The molecule has 1 fully saturated rings. The zero-order chi connectivity index (χ0) is 13.8. The van der Waals surface area contributed by atoms with Gasteiger partial charge in [-0.05, 0) is 25.0 Å². The number of nitro groups is 1. The largest absolute Gasteiger partial charge is 0.377 e. The molecule has 0 atom stereocenters. The standard InChI is InChI=1S/C13H15N3O3/c1-2-7-14-13(17)9-3-6-11(15-10-4-5-10)12(8-9)16(18)19/h2-3,6,8,10,15H,1,4-5,7H2,(H,14,17). The highest BCUT2D eigenvalue weighted by Crippen LogP contribution is 2.31. The quantitative estimate of drug-likeness (QED) is 0.466. The van der Waals surface area contributed by atoms with Gasteiger partial charge >= 0.3 is 0 Å². The minimum Gasteiger partial charge on any atom is -0.377 e. The van der Waals surface area contributed by atoms with Crippen molar-refractivity contribution in [1.29, 1.82) is 0 Å². The van der Waals surface area contributed by atoms with E-state index in [0.29, 0.717) is 18.3 Å². The Balaban J connectivity index is 2.21. The van der Waals surface area contributed by atoms with Crippen molar-refractivity contribution in [2.45, 2.75) is 18.9 Å². The van der Waals surface area contributed by atoms with Crippen LogP contribution in [0.4, 0.5) is 11.4 Å². The lowest BCUT2D eigenvalue weighted by molar-refractivity contribution is -0.384. The van der Waals surface area contributed by atoms with Gasteiger partial charge in [-0.15, -0.1) is 6.58 Å². The zero-order valence-electron chi connectivity index (χ0n) is 10.4. The van der Waals surface area contributed by atoms with Gasteiger partial charge in [0, 0.05) is 24.2 Å². The van der Waals surface area contributed by atoms with Crippen LogP contribution in [-0.4, -0.2) is 23.4 Å². The van der Waals surface area contributed by atoms with E-state index in [1.54, 1.807) is 18.2 Å². The molecule has 1 amide bonds. The number of benzene rings is 1. The van der Waals surface area contributed by atoms with Crippen molar-refractivity contribution >= 4 is 17.3 Å². The lowest BCUT2D eigenvalue weighted by Gasteiger charge is -2.07. The van der Waals surface area contributed by atoms with E-state index < -0.39 is 4.92 Å². The highest BCUT2D eigenvalue weighted by molar-refractivity contribution is 5.95. The molecule has 0 unspecified atom stereocenters. The molecule has 0 aliphatic heterocycles. The van der Waals surface area contributed by atoms with Crippen molar-refractivity contribution in [3.63, 3.8) is 0 Å². The monoisotopic (exact) mass is 261 g/mol. The number of hydrogen-bond acceptors (Lipinski definition) is 4. The molecule has 1 aromatic rings. The summed E-state index contributed by atoms with van der Waals surface area (Å²) in [6.45, 7) is 3.82. The van der Waals surface area contributed by atoms with Crippen LogP contribution in [0.2, 0.25) is 0 Å². The highest BCUT2D eigenvalue weighted by atomic mass is 16.6. The molecule has 0 aromatic heterocycles. The van der Waals surface area contributed by atoms with Crippen LogP contribution in [0.1, 0.15) is 23.2 Å². The number of carbonyl (C=O) groups excluding carboxylic acids is 1. The topological polar surface area (TPSA) is 84.3 Å². The summed E-state index contributed by atoms with van der Waals surface area (Å²) in [6.07, 6.45) is 3.60. The lowest BCUT2D eigenvalue weighted by atomic mass is 10.1. The van der Waals surface area contributed by atoms with Gasteiger partial charge in [0.15, 0.2) is 0 Å². The molecule has 1 aromatic carbocycles. The maximum Gasteiger partial charge on any atom is 0.293 e. The maximum absolute atomic E-state index is 11.7. The first-order chi connectivity index (χ1) is 9.11. The minimum atomic E-state index is -0.477. The second kappa shape index (κ2) is 5.51. The minimum absolute atomic E-state index is 0.0712. The predicted molar refractivity (Wildman–Crippen MR) is 72.3 cm³/mol. The van der Waals surface area contributed by atoms with Crippen LogP contribution in [0, 0.1) is 10.1 Å². The number of carbonyl (C=O) groups is 1. The summed E-state index contributed by atoms with van der Waals surface area (Å²) in [5.74, 6) is -0.346. The molecule has 0 saturated heterocycles. The number of amides is 1. The molecule has 2 rings (SSSR count). The first-order valence-electron chi connectivity index (χ1n) is 6.06. The fourth-order valence-electron chi connectivity index (χ4n) is 1.66. The first-order valence-corrected chi connectivity index (χ1v) is 6.06. The van der Waals surface area contributed by atoms with Crippen LogP contribution in [0.3, 0.4) is 0 Å². The molecular formula is C13H15N3O3.